The van der Waals surface area contributed by atoms with Gasteiger partial charge in [-0.2, -0.15) is 0 Å². The molecule has 7 heteroatoms. The normalized spacial score (nSPS) is 10.3. The Balaban J connectivity index is 1.59. The van der Waals surface area contributed by atoms with Crippen LogP contribution < -0.4 is 10.6 Å². The van der Waals surface area contributed by atoms with E-state index in [2.05, 4.69) is 20.6 Å². The number of nitrogens with zero attached hydrogens (tertiary/aromatic N) is 2. The van der Waals surface area contributed by atoms with Gasteiger partial charge in [-0.05, 0) is 36.4 Å². The van der Waals surface area contributed by atoms with Gasteiger partial charge in [-0.25, -0.2) is 9.97 Å². The number of hydrogen-bond acceptors (Lipinski definition) is 5. The molecule has 0 spiro atoms. The molecule has 23 heavy (non-hydrogen) atoms. The van der Waals surface area contributed by atoms with Gasteiger partial charge in [0.1, 0.15) is 5.76 Å². The summed E-state index contributed by atoms with van der Waals surface area (Å²) in [6, 6.07) is 10.7. The molecule has 1 aromatic carbocycles. The van der Waals surface area contributed by atoms with Crippen LogP contribution in [-0.4, -0.2) is 15.9 Å². The van der Waals surface area contributed by atoms with E-state index in [1.54, 1.807) is 30.5 Å². The summed E-state index contributed by atoms with van der Waals surface area (Å²) in [5.41, 5.74) is 1.18. The molecule has 2 aromatic heterocycles. The van der Waals surface area contributed by atoms with E-state index >= 15 is 0 Å². The van der Waals surface area contributed by atoms with Crippen LogP contribution in [0.1, 0.15) is 16.1 Å². The van der Waals surface area contributed by atoms with Crippen LogP contribution in [0.3, 0.4) is 0 Å². The Bertz CT molecular complexity index is 771. The van der Waals surface area contributed by atoms with Crippen molar-refractivity contribution in [3.05, 3.63) is 71.4 Å². The zero-order chi connectivity index (χ0) is 16.1. The molecular weight excluding hydrogens is 316 g/mol. The highest BCUT2D eigenvalue weighted by Crippen LogP contribution is 2.16. The zero-order valence-corrected chi connectivity index (χ0v) is 12.7. The van der Waals surface area contributed by atoms with Crippen LogP contribution in [0.5, 0.6) is 0 Å². The molecule has 0 bridgehead atoms. The number of amides is 1. The molecule has 0 atom stereocenters. The first-order chi connectivity index (χ1) is 11.2. The number of carbonyl (C=O) groups is 1. The number of hydrogen-bond donors (Lipinski definition) is 2. The molecular formula is C16H13ClN4O2. The molecule has 0 fully saturated rings. The molecule has 0 saturated carbocycles. The van der Waals surface area contributed by atoms with E-state index in [1.165, 1.54) is 12.4 Å². The summed E-state index contributed by atoms with van der Waals surface area (Å²) >= 11 is 5.83. The van der Waals surface area contributed by atoms with Crippen LogP contribution in [0.15, 0.2) is 59.5 Å². The maximum atomic E-state index is 12.0. The highest BCUT2D eigenvalue weighted by molar-refractivity contribution is 6.30. The number of benzene rings is 1. The Morgan fingerprint density at radius 1 is 1.13 bits per heavy atom. The van der Waals surface area contributed by atoms with Crippen LogP contribution in [0.2, 0.25) is 5.02 Å². The number of anilines is 2. The summed E-state index contributed by atoms with van der Waals surface area (Å²) in [5.74, 6) is 0.814. The Morgan fingerprint density at radius 3 is 2.52 bits per heavy atom. The van der Waals surface area contributed by atoms with E-state index in [0.29, 0.717) is 28.8 Å². The van der Waals surface area contributed by atoms with Crippen molar-refractivity contribution in [1.29, 1.82) is 0 Å². The molecule has 0 saturated heterocycles. The first-order valence-electron chi connectivity index (χ1n) is 6.86. The van der Waals surface area contributed by atoms with Crippen molar-refractivity contribution in [1.82, 2.24) is 15.3 Å². The lowest BCUT2D eigenvalue weighted by atomic mass is 10.3. The fraction of sp³-hybridized carbons (Fsp3) is 0.0625. The Kier molecular flexibility index (Phi) is 4.54. The summed E-state index contributed by atoms with van der Waals surface area (Å²) in [6.07, 6.45) is 4.48. The van der Waals surface area contributed by atoms with Gasteiger partial charge in [0.15, 0.2) is 0 Å². The van der Waals surface area contributed by atoms with Crippen molar-refractivity contribution in [2.75, 3.05) is 5.32 Å². The van der Waals surface area contributed by atoms with Gasteiger partial charge in [0, 0.05) is 23.1 Å². The topological polar surface area (TPSA) is 80.0 Å². The largest absolute Gasteiger partial charge is 0.467 e. The van der Waals surface area contributed by atoms with Gasteiger partial charge in [-0.15, -0.1) is 0 Å². The molecule has 0 radical (unpaired) electrons. The van der Waals surface area contributed by atoms with E-state index in [-0.39, 0.29) is 5.91 Å². The second-order valence-corrected chi connectivity index (χ2v) is 5.13. The van der Waals surface area contributed by atoms with Crippen molar-refractivity contribution in [3.8, 4) is 0 Å². The minimum atomic E-state index is -0.264. The monoisotopic (exact) mass is 328 g/mol. The second kappa shape index (κ2) is 6.93. The van der Waals surface area contributed by atoms with E-state index in [0.717, 1.165) is 5.69 Å². The maximum absolute atomic E-state index is 12.0. The smallest absolute Gasteiger partial charge is 0.254 e. The first kappa shape index (κ1) is 15.1. The SMILES string of the molecule is O=C(NCc1ccco1)c1cnc(Nc2ccc(Cl)cc2)nc1. The highest BCUT2D eigenvalue weighted by atomic mass is 35.5. The van der Waals surface area contributed by atoms with Gasteiger partial charge < -0.3 is 15.1 Å². The van der Waals surface area contributed by atoms with Crippen LogP contribution in [-0.2, 0) is 6.54 Å². The van der Waals surface area contributed by atoms with Gasteiger partial charge in [0.05, 0.1) is 18.4 Å². The van der Waals surface area contributed by atoms with E-state index in [9.17, 15) is 4.79 Å². The molecule has 2 N–H and O–H groups in total. The van der Waals surface area contributed by atoms with Crippen molar-refractivity contribution >= 4 is 29.1 Å². The number of halogens is 1. The third-order valence-corrected chi connectivity index (χ3v) is 3.27. The molecule has 0 aliphatic heterocycles. The van der Waals surface area contributed by atoms with Crippen molar-refractivity contribution in [3.63, 3.8) is 0 Å². The summed E-state index contributed by atoms with van der Waals surface area (Å²) in [6.45, 7) is 0.316. The van der Waals surface area contributed by atoms with Crippen molar-refractivity contribution in [2.45, 2.75) is 6.54 Å². The average molecular weight is 329 g/mol. The van der Waals surface area contributed by atoms with Crippen LogP contribution in [0, 0.1) is 0 Å². The molecule has 0 aliphatic rings. The minimum absolute atomic E-state index is 0.264. The van der Waals surface area contributed by atoms with Gasteiger partial charge in [0.25, 0.3) is 5.91 Å². The first-order valence-corrected chi connectivity index (χ1v) is 7.24. The standard InChI is InChI=1S/C16H13ClN4O2/c17-12-3-5-13(6-4-12)21-16-19-8-11(9-20-16)15(22)18-10-14-2-1-7-23-14/h1-9H,10H2,(H,18,22)(H,19,20,21). The fourth-order valence-corrected chi connectivity index (χ4v) is 1.98. The van der Waals surface area contributed by atoms with Gasteiger partial charge in [0.2, 0.25) is 5.95 Å². The number of carbonyl (C=O) groups excluding carboxylic acids is 1. The summed E-state index contributed by atoms with van der Waals surface area (Å²) in [7, 11) is 0. The molecule has 0 unspecified atom stereocenters. The van der Waals surface area contributed by atoms with Crippen molar-refractivity contribution in [2.24, 2.45) is 0 Å². The van der Waals surface area contributed by atoms with Crippen LogP contribution in [0.4, 0.5) is 11.6 Å². The third kappa shape index (κ3) is 4.08. The molecule has 2 heterocycles. The quantitative estimate of drug-likeness (QED) is 0.750. The van der Waals surface area contributed by atoms with Gasteiger partial charge in [-0.3, -0.25) is 4.79 Å². The molecule has 116 valence electrons. The number of furan rings is 1. The van der Waals surface area contributed by atoms with E-state index < -0.39 is 0 Å². The molecule has 3 aromatic rings. The minimum Gasteiger partial charge on any atom is -0.467 e. The summed E-state index contributed by atoms with van der Waals surface area (Å²) in [5, 5.41) is 6.41. The number of aromatic nitrogens is 2. The Labute approximate surface area is 137 Å². The van der Waals surface area contributed by atoms with Gasteiger partial charge in [-0.1, -0.05) is 11.6 Å². The predicted molar refractivity (Wildman–Crippen MR) is 86.6 cm³/mol. The highest BCUT2D eigenvalue weighted by Gasteiger charge is 2.08. The molecule has 6 nitrogen and oxygen atoms in total. The van der Waals surface area contributed by atoms with Gasteiger partial charge >= 0.3 is 0 Å². The third-order valence-electron chi connectivity index (χ3n) is 3.02. The molecule has 0 aliphatic carbocycles. The van der Waals surface area contributed by atoms with E-state index in [4.69, 9.17) is 16.0 Å². The van der Waals surface area contributed by atoms with E-state index in [1.807, 2.05) is 12.1 Å². The maximum Gasteiger partial charge on any atom is 0.254 e. The Morgan fingerprint density at radius 2 is 1.87 bits per heavy atom. The summed E-state index contributed by atoms with van der Waals surface area (Å²) in [4.78, 5) is 20.2. The number of nitrogens with one attached hydrogen (secondary N) is 2. The molecule has 3 rings (SSSR count). The average Bonchev–Trinajstić information content (AvgIpc) is 3.09. The lowest BCUT2D eigenvalue weighted by Gasteiger charge is -2.06. The predicted octanol–water partition coefficient (Wildman–Crippen LogP) is 3.40. The summed E-state index contributed by atoms with van der Waals surface area (Å²) < 4.78 is 5.15. The Hall–Kier alpha value is -2.86. The second-order valence-electron chi connectivity index (χ2n) is 4.69. The molecule has 1 amide bonds. The lowest BCUT2D eigenvalue weighted by Crippen LogP contribution is -2.22. The fourth-order valence-electron chi connectivity index (χ4n) is 1.85. The van der Waals surface area contributed by atoms with Crippen LogP contribution >= 0.6 is 11.6 Å². The van der Waals surface area contributed by atoms with Crippen LogP contribution in [0.25, 0.3) is 0 Å². The van der Waals surface area contributed by atoms with Crippen molar-refractivity contribution < 1.29 is 9.21 Å². The zero-order valence-electron chi connectivity index (χ0n) is 12.0. The lowest BCUT2D eigenvalue weighted by molar-refractivity contribution is 0.0947. The number of rotatable bonds is 5.